The maximum atomic E-state index is 9.80. The molecule has 12 heavy (non-hydrogen) atoms. The number of piperidine rings is 1. The second kappa shape index (κ2) is 3.35. The number of hydrogen-bond acceptors (Lipinski definition) is 2. The van der Waals surface area contributed by atoms with Crippen molar-refractivity contribution < 1.29 is 5.11 Å². The van der Waals surface area contributed by atoms with Crippen LogP contribution in [0.2, 0.25) is 0 Å². The van der Waals surface area contributed by atoms with Crippen molar-refractivity contribution >= 4 is 0 Å². The molecule has 1 saturated heterocycles. The fourth-order valence-electron chi connectivity index (χ4n) is 2.89. The van der Waals surface area contributed by atoms with E-state index in [1.165, 1.54) is 32.2 Å². The van der Waals surface area contributed by atoms with Crippen molar-refractivity contribution in [2.75, 3.05) is 13.6 Å². The third-order valence-corrected chi connectivity index (χ3v) is 3.60. The van der Waals surface area contributed by atoms with Crippen LogP contribution in [0.15, 0.2) is 0 Å². The maximum Gasteiger partial charge on any atom is 0.0583 e. The van der Waals surface area contributed by atoms with Crippen LogP contribution in [0.5, 0.6) is 0 Å². The van der Waals surface area contributed by atoms with Gasteiger partial charge in [0.05, 0.1) is 6.10 Å². The monoisotopic (exact) mass is 169 g/mol. The van der Waals surface area contributed by atoms with Gasteiger partial charge < -0.3 is 10.0 Å². The lowest BCUT2D eigenvalue weighted by atomic mass is 9.76. The van der Waals surface area contributed by atoms with Crippen molar-refractivity contribution in [3.05, 3.63) is 0 Å². The van der Waals surface area contributed by atoms with Crippen LogP contribution in [0.1, 0.15) is 32.1 Å². The van der Waals surface area contributed by atoms with Crippen molar-refractivity contribution in [3.63, 3.8) is 0 Å². The fraction of sp³-hybridized carbons (Fsp3) is 1.00. The van der Waals surface area contributed by atoms with Gasteiger partial charge in [-0.3, -0.25) is 0 Å². The van der Waals surface area contributed by atoms with E-state index in [2.05, 4.69) is 11.9 Å². The highest BCUT2D eigenvalue weighted by molar-refractivity contribution is 4.90. The Labute approximate surface area is 74.6 Å². The quantitative estimate of drug-likeness (QED) is 0.590. The lowest BCUT2D eigenvalue weighted by molar-refractivity contribution is -0.0169. The number of likely N-dealkylation sites (tertiary alicyclic amines) is 1. The summed E-state index contributed by atoms with van der Waals surface area (Å²) in [6.07, 6.45) is 6.07. The van der Waals surface area contributed by atoms with E-state index in [0.29, 0.717) is 12.0 Å². The van der Waals surface area contributed by atoms with Gasteiger partial charge in [0.1, 0.15) is 0 Å². The molecule has 0 aromatic rings. The standard InChI is InChI=1S/C10H19NO/c1-11-7-3-4-8-9(11)5-2-6-10(8)12/h8-10,12H,2-7H2,1H3. The van der Waals surface area contributed by atoms with Gasteiger partial charge >= 0.3 is 0 Å². The van der Waals surface area contributed by atoms with Crippen molar-refractivity contribution in [2.45, 2.75) is 44.2 Å². The maximum absolute atomic E-state index is 9.80. The van der Waals surface area contributed by atoms with E-state index in [1.54, 1.807) is 0 Å². The van der Waals surface area contributed by atoms with Crippen LogP contribution < -0.4 is 0 Å². The van der Waals surface area contributed by atoms with Gasteiger partial charge in [0.25, 0.3) is 0 Å². The third kappa shape index (κ3) is 1.38. The molecule has 2 aliphatic rings. The van der Waals surface area contributed by atoms with Gasteiger partial charge in [0.15, 0.2) is 0 Å². The molecule has 2 fully saturated rings. The SMILES string of the molecule is CN1CCCC2C(O)CCCC21. The van der Waals surface area contributed by atoms with Crippen LogP contribution in [0.25, 0.3) is 0 Å². The minimum absolute atomic E-state index is 0.00787. The van der Waals surface area contributed by atoms with Gasteiger partial charge in [-0.1, -0.05) is 0 Å². The molecular weight excluding hydrogens is 150 g/mol. The van der Waals surface area contributed by atoms with E-state index in [1.807, 2.05) is 0 Å². The predicted molar refractivity (Wildman–Crippen MR) is 49.0 cm³/mol. The smallest absolute Gasteiger partial charge is 0.0583 e. The van der Waals surface area contributed by atoms with E-state index in [4.69, 9.17) is 0 Å². The molecule has 2 nitrogen and oxygen atoms in total. The van der Waals surface area contributed by atoms with Crippen molar-refractivity contribution in [1.82, 2.24) is 4.90 Å². The first-order valence-corrected chi connectivity index (χ1v) is 5.17. The van der Waals surface area contributed by atoms with Crippen LogP contribution in [-0.4, -0.2) is 35.7 Å². The molecule has 1 aliphatic carbocycles. The van der Waals surface area contributed by atoms with Crippen LogP contribution in [0.3, 0.4) is 0 Å². The molecule has 70 valence electrons. The van der Waals surface area contributed by atoms with Crippen molar-refractivity contribution in [2.24, 2.45) is 5.92 Å². The Morgan fingerprint density at radius 2 is 2.00 bits per heavy atom. The Morgan fingerprint density at radius 3 is 2.75 bits per heavy atom. The fourth-order valence-corrected chi connectivity index (χ4v) is 2.89. The topological polar surface area (TPSA) is 23.5 Å². The Morgan fingerprint density at radius 1 is 1.17 bits per heavy atom. The molecule has 2 heteroatoms. The summed E-state index contributed by atoms with van der Waals surface area (Å²) in [6, 6.07) is 0.683. The van der Waals surface area contributed by atoms with E-state index in [0.717, 1.165) is 6.42 Å². The summed E-state index contributed by atoms with van der Waals surface area (Å²) in [5.41, 5.74) is 0. The Bertz CT molecular complexity index is 142. The van der Waals surface area contributed by atoms with E-state index in [-0.39, 0.29) is 6.10 Å². The predicted octanol–water partition coefficient (Wildman–Crippen LogP) is 1.24. The Balaban J connectivity index is 2.05. The number of fused-ring (bicyclic) bond motifs is 1. The minimum Gasteiger partial charge on any atom is -0.393 e. The van der Waals surface area contributed by atoms with Crippen molar-refractivity contribution in [1.29, 1.82) is 0 Å². The summed E-state index contributed by atoms with van der Waals surface area (Å²) in [5.74, 6) is 0.581. The molecule has 2 rings (SSSR count). The summed E-state index contributed by atoms with van der Waals surface area (Å²) in [6.45, 7) is 1.23. The summed E-state index contributed by atoms with van der Waals surface area (Å²) in [7, 11) is 2.20. The molecule has 0 spiro atoms. The molecule has 0 radical (unpaired) electrons. The zero-order chi connectivity index (χ0) is 8.55. The van der Waals surface area contributed by atoms with Gasteiger partial charge in [-0.2, -0.15) is 0 Å². The number of aliphatic hydroxyl groups excluding tert-OH is 1. The summed E-state index contributed by atoms with van der Waals surface area (Å²) in [4.78, 5) is 2.44. The highest BCUT2D eigenvalue weighted by atomic mass is 16.3. The average Bonchev–Trinajstić information content (AvgIpc) is 2.07. The highest BCUT2D eigenvalue weighted by Crippen LogP contribution is 2.34. The second-order valence-electron chi connectivity index (χ2n) is 4.35. The van der Waals surface area contributed by atoms with Crippen LogP contribution >= 0.6 is 0 Å². The van der Waals surface area contributed by atoms with Crippen LogP contribution in [0, 0.1) is 5.92 Å². The largest absolute Gasteiger partial charge is 0.393 e. The minimum atomic E-state index is -0.00787. The molecule has 0 amide bonds. The summed E-state index contributed by atoms with van der Waals surface area (Å²) < 4.78 is 0. The van der Waals surface area contributed by atoms with Crippen LogP contribution in [-0.2, 0) is 0 Å². The normalized spacial score (nSPS) is 44.0. The molecule has 0 bridgehead atoms. The zero-order valence-corrected chi connectivity index (χ0v) is 7.87. The third-order valence-electron chi connectivity index (χ3n) is 3.60. The van der Waals surface area contributed by atoms with E-state index in [9.17, 15) is 5.11 Å². The molecular formula is C10H19NO. The molecule has 1 saturated carbocycles. The number of hydrogen-bond donors (Lipinski definition) is 1. The lowest BCUT2D eigenvalue weighted by Gasteiger charge is -2.44. The first-order chi connectivity index (χ1) is 5.79. The molecule has 3 atom stereocenters. The van der Waals surface area contributed by atoms with Crippen LogP contribution in [0.4, 0.5) is 0 Å². The van der Waals surface area contributed by atoms with Gasteiger partial charge in [-0.15, -0.1) is 0 Å². The molecule has 1 heterocycles. The molecule has 0 aromatic carbocycles. The Kier molecular flexibility index (Phi) is 2.37. The molecule has 0 aromatic heterocycles. The van der Waals surface area contributed by atoms with Gasteiger partial charge in [0.2, 0.25) is 0 Å². The average molecular weight is 169 g/mol. The zero-order valence-electron chi connectivity index (χ0n) is 7.87. The molecule has 3 unspecified atom stereocenters. The van der Waals surface area contributed by atoms with Gasteiger partial charge in [0, 0.05) is 12.0 Å². The summed E-state index contributed by atoms with van der Waals surface area (Å²) in [5, 5.41) is 9.80. The number of rotatable bonds is 0. The highest BCUT2D eigenvalue weighted by Gasteiger charge is 2.36. The number of aliphatic hydroxyl groups is 1. The van der Waals surface area contributed by atoms with Gasteiger partial charge in [-0.25, -0.2) is 0 Å². The second-order valence-corrected chi connectivity index (χ2v) is 4.35. The Hall–Kier alpha value is -0.0800. The van der Waals surface area contributed by atoms with E-state index >= 15 is 0 Å². The van der Waals surface area contributed by atoms with E-state index < -0.39 is 0 Å². The van der Waals surface area contributed by atoms with Crippen molar-refractivity contribution in [3.8, 4) is 0 Å². The molecule has 1 aliphatic heterocycles. The first-order valence-electron chi connectivity index (χ1n) is 5.17. The first kappa shape index (κ1) is 8.52. The number of nitrogens with zero attached hydrogens (tertiary/aromatic N) is 1. The summed E-state index contributed by atoms with van der Waals surface area (Å²) >= 11 is 0. The molecule has 1 N–H and O–H groups in total. The van der Waals surface area contributed by atoms with Gasteiger partial charge in [-0.05, 0) is 45.7 Å². The lowest BCUT2D eigenvalue weighted by Crippen LogP contribution is -2.49.